The largest absolute Gasteiger partial charge is 0.497 e. The van der Waals surface area contributed by atoms with E-state index in [1.807, 2.05) is 30.3 Å². The smallest absolute Gasteiger partial charge is 0.121 e. The molecule has 100 valence electrons. The molecule has 0 aliphatic heterocycles. The average molecular weight is 385 g/mol. The number of anilines is 1. The van der Waals surface area contributed by atoms with Gasteiger partial charge in [0, 0.05) is 21.1 Å². The van der Waals surface area contributed by atoms with Gasteiger partial charge in [-0.15, -0.1) is 0 Å². The lowest BCUT2D eigenvalue weighted by Crippen LogP contribution is -2.07. The molecular formula is C15H15Br2NO. The molecule has 2 aromatic carbocycles. The molecular weight excluding hydrogens is 370 g/mol. The minimum Gasteiger partial charge on any atom is -0.497 e. The van der Waals surface area contributed by atoms with Crippen LogP contribution in [0.2, 0.25) is 0 Å². The average Bonchev–Trinajstić information content (AvgIpc) is 2.42. The van der Waals surface area contributed by atoms with Crippen molar-refractivity contribution in [2.45, 2.75) is 13.0 Å². The number of methoxy groups -OCH3 is 1. The van der Waals surface area contributed by atoms with Gasteiger partial charge in [-0.25, -0.2) is 0 Å². The number of hydrogen-bond acceptors (Lipinski definition) is 2. The lowest BCUT2D eigenvalue weighted by Gasteiger charge is -2.17. The minimum atomic E-state index is 0.219. The summed E-state index contributed by atoms with van der Waals surface area (Å²) in [6, 6.07) is 14.4. The molecule has 1 N–H and O–H groups in total. The Bertz CT molecular complexity index is 555. The number of rotatable bonds is 4. The van der Waals surface area contributed by atoms with Gasteiger partial charge in [-0.05, 0) is 52.7 Å². The molecule has 0 spiro atoms. The van der Waals surface area contributed by atoms with Gasteiger partial charge in [-0.1, -0.05) is 28.1 Å². The highest BCUT2D eigenvalue weighted by Crippen LogP contribution is 2.30. The van der Waals surface area contributed by atoms with Crippen molar-refractivity contribution in [3.05, 3.63) is 57.0 Å². The van der Waals surface area contributed by atoms with Gasteiger partial charge < -0.3 is 10.1 Å². The summed E-state index contributed by atoms with van der Waals surface area (Å²) in [4.78, 5) is 0. The van der Waals surface area contributed by atoms with Crippen molar-refractivity contribution < 1.29 is 4.74 Å². The lowest BCUT2D eigenvalue weighted by molar-refractivity contribution is 0.415. The maximum Gasteiger partial charge on any atom is 0.121 e. The predicted molar refractivity (Wildman–Crippen MR) is 86.9 cm³/mol. The van der Waals surface area contributed by atoms with Crippen LogP contribution in [-0.4, -0.2) is 7.11 Å². The van der Waals surface area contributed by atoms with Crippen LogP contribution >= 0.6 is 31.9 Å². The van der Waals surface area contributed by atoms with E-state index in [0.29, 0.717) is 0 Å². The van der Waals surface area contributed by atoms with Crippen molar-refractivity contribution >= 4 is 37.5 Å². The molecule has 0 aromatic heterocycles. The van der Waals surface area contributed by atoms with Crippen molar-refractivity contribution in [3.63, 3.8) is 0 Å². The van der Waals surface area contributed by atoms with Crippen molar-refractivity contribution in [2.24, 2.45) is 0 Å². The zero-order valence-corrected chi connectivity index (χ0v) is 14.0. The monoisotopic (exact) mass is 383 g/mol. The predicted octanol–water partition coefficient (Wildman–Crippen LogP) is 5.39. The summed E-state index contributed by atoms with van der Waals surface area (Å²) in [7, 11) is 1.67. The van der Waals surface area contributed by atoms with E-state index in [2.05, 4.69) is 56.2 Å². The molecule has 2 nitrogen and oxygen atoms in total. The summed E-state index contributed by atoms with van der Waals surface area (Å²) >= 11 is 6.99. The van der Waals surface area contributed by atoms with Crippen LogP contribution in [0.25, 0.3) is 0 Å². The number of hydrogen-bond donors (Lipinski definition) is 1. The summed E-state index contributed by atoms with van der Waals surface area (Å²) in [5.41, 5.74) is 2.26. The highest BCUT2D eigenvalue weighted by atomic mass is 79.9. The van der Waals surface area contributed by atoms with E-state index in [4.69, 9.17) is 4.74 Å². The molecule has 1 unspecified atom stereocenters. The summed E-state index contributed by atoms with van der Waals surface area (Å²) in [6.07, 6.45) is 0. The molecule has 0 aliphatic rings. The normalized spacial score (nSPS) is 12.0. The summed E-state index contributed by atoms with van der Waals surface area (Å²) in [6.45, 7) is 2.13. The fraction of sp³-hybridized carbons (Fsp3) is 0.200. The maximum absolute atomic E-state index is 5.25. The Balaban J connectivity index is 2.18. The van der Waals surface area contributed by atoms with Crippen LogP contribution in [0.3, 0.4) is 0 Å². The van der Waals surface area contributed by atoms with Gasteiger partial charge in [0.15, 0.2) is 0 Å². The van der Waals surface area contributed by atoms with Crippen molar-refractivity contribution in [2.75, 3.05) is 12.4 Å². The van der Waals surface area contributed by atoms with Crippen LogP contribution in [0.1, 0.15) is 18.5 Å². The molecule has 2 rings (SSSR count). The van der Waals surface area contributed by atoms with Crippen molar-refractivity contribution in [1.29, 1.82) is 0 Å². The standard InChI is InChI=1S/C15H15Br2NO/c1-10(11-3-5-12(16)6-4-11)18-15-9-13(19-2)7-8-14(15)17/h3-10,18H,1-2H3. The van der Waals surface area contributed by atoms with E-state index >= 15 is 0 Å². The highest BCUT2D eigenvalue weighted by molar-refractivity contribution is 9.10. The first-order valence-corrected chi connectivity index (χ1v) is 7.54. The van der Waals surface area contributed by atoms with E-state index in [0.717, 1.165) is 20.4 Å². The van der Waals surface area contributed by atoms with E-state index in [-0.39, 0.29) is 6.04 Å². The lowest BCUT2D eigenvalue weighted by atomic mass is 10.1. The van der Waals surface area contributed by atoms with Crippen LogP contribution in [-0.2, 0) is 0 Å². The van der Waals surface area contributed by atoms with Crippen LogP contribution in [0.5, 0.6) is 5.75 Å². The third kappa shape index (κ3) is 3.74. The van der Waals surface area contributed by atoms with Gasteiger partial charge >= 0.3 is 0 Å². The molecule has 0 radical (unpaired) electrons. The molecule has 0 heterocycles. The van der Waals surface area contributed by atoms with E-state index in [1.165, 1.54) is 5.56 Å². The zero-order valence-electron chi connectivity index (χ0n) is 10.8. The SMILES string of the molecule is COc1ccc(Br)c(NC(C)c2ccc(Br)cc2)c1. The van der Waals surface area contributed by atoms with Gasteiger partial charge in [-0.2, -0.15) is 0 Å². The Hall–Kier alpha value is -1.00. The van der Waals surface area contributed by atoms with Crippen LogP contribution in [0.15, 0.2) is 51.4 Å². The number of nitrogens with one attached hydrogen (secondary N) is 1. The summed E-state index contributed by atoms with van der Waals surface area (Å²) in [5.74, 6) is 0.841. The van der Waals surface area contributed by atoms with Gasteiger partial charge in [0.05, 0.1) is 12.8 Å². The number of ether oxygens (including phenoxy) is 1. The molecule has 4 heteroatoms. The van der Waals surface area contributed by atoms with Crippen molar-refractivity contribution in [1.82, 2.24) is 0 Å². The molecule has 0 saturated heterocycles. The zero-order chi connectivity index (χ0) is 13.8. The van der Waals surface area contributed by atoms with Crippen LogP contribution < -0.4 is 10.1 Å². The fourth-order valence-electron chi connectivity index (χ4n) is 1.81. The second kappa shape index (κ2) is 6.44. The number of halogens is 2. The molecule has 0 aliphatic carbocycles. The number of benzene rings is 2. The topological polar surface area (TPSA) is 21.3 Å². The Morgan fingerprint density at radius 3 is 2.37 bits per heavy atom. The summed E-state index contributed by atoms with van der Waals surface area (Å²) in [5, 5.41) is 3.48. The molecule has 0 fully saturated rings. The molecule has 0 bridgehead atoms. The summed E-state index contributed by atoms with van der Waals surface area (Å²) < 4.78 is 7.36. The first-order valence-electron chi connectivity index (χ1n) is 5.95. The van der Waals surface area contributed by atoms with Gasteiger partial charge in [0.1, 0.15) is 5.75 Å². The third-order valence-corrected chi connectivity index (χ3v) is 4.14. The van der Waals surface area contributed by atoms with Crippen LogP contribution in [0, 0.1) is 0 Å². The van der Waals surface area contributed by atoms with E-state index in [1.54, 1.807) is 7.11 Å². The maximum atomic E-state index is 5.25. The Morgan fingerprint density at radius 1 is 1.05 bits per heavy atom. The first-order chi connectivity index (χ1) is 9.10. The quantitative estimate of drug-likeness (QED) is 0.762. The fourth-order valence-corrected chi connectivity index (χ4v) is 2.44. The first kappa shape index (κ1) is 14.4. The van der Waals surface area contributed by atoms with Gasteiger partial charge in [0.25, 0.3) is 0 Å². The van der Waals surface area contributed by atoms with E-state index < -0.39 is 0 Å². The molecule has 1 atom stereocenters. The second-order valence-corrected chi connectivity index (χ2v) is 6.03. The van der Waals surface area contributed by atoms with Gasteiger partial charge in [-0.3, -0.25) is 0 Å². The van der Waals surface area contributed by atoms with E-state index in [9.17, 15) is 0 Å². The van der Waals surface area contributed by atoms with Crippen LogP contribution in [0.4, 0.5) is 5.69 Å². The van der Waals surface area contributed by atoms with Gasteiger partial charge in [0.2, 0.25) is 0 Å². The Kier molecular flexibility index (Phi) is 4.88. The molecule has 19 heavy (non-hydrogen) atoms. The third-order valence-electron chi connectivity index (χ3n) is 2.92. The molecule has 0 saturated carbocycles. The highest BCUT2D eigenvalue weighted by Gasteiger charge is 2.08. The Morgan fingerprint density at radius 2 is 1.74 bits per heavy atom. The molecule has 0 amide bonds. The molecule has 2 aromatic rings. The van der Waals surface area contributed by atoms with Crippen molar-refractivity contribution in [3.8, 4) is 5.75 Å². The minimum absolute atomic E-state index is 0.219. The Labute approximate surface area is 130 Å². The second-order valence-electron chi connectivity index (χ2n) is 4.26.